The maximum absolute atomic E-state index is 11.8. The van der Waals surface area contributed by atoms with Gasteiger partial charge in [0.15, 0.2) is 0 Å². The molecule has 1 heterocycles. The van der Waals surface area contributed by atoms with Crippen LogP contribution in [-0.2, 0) is 7.05 Å². The summed E-state index contributed by atoms with van der Waals surface area (Å²) in [5.74, 6) is 0. The summed E-state index contributed by atoms with van der Waals surface area (Å²) in [6.07, 6.45) is -1.07. The molecule has 0 aliphatic rings. The molecule has 0 saturated heterocycles. The minimum absolute atomic E-state index is 0.0463. The van der Waals surface area contributed by atoms with Crippen molar-refractivity contribution >= 4 is 0 Å². The van der Waals surface area contributed by atoms with E-state index in [0.29, 0.717) is 0 Å². The van der Waals surface area contributed by atoms with Gasteiger partial charge in [-0.25, -0.2) is 8.78 Å². The monoisotopic (exact) mass is 162 g/mol. The fourth-order valence-corrected chi connectivity index (χ4v) is 0.598. The van der Waals surface area contributed by atoms with Crippen molar-refractivity contribution < 1.29 is 8.78 Å². The van der Waals surface area contributed by atoms with Crippen LogP contribution in [0.5, 0.6) is 0 Å². The third-order valence-electron chi connectivity index (χ3n) is 1.08. The molecule has 0 aliphatic carbocycles. The molecule has 11 heavy (non-hydrogen) atoms. The van der Waals surface area contributed by atoms with Gasteiger partial charge < -0.3 is 0 Å². The fourth-order valence-electron chi connectivity index (χ4n) is 0.598. The molecule has 0 aliphatic heterocycles. The van der Waals surface area contributed by atoms with Gasteiger partial charge in [-0.3, -0.25) is 4.68 Å². The summed E-state index contributed by atoms with van der Waals surface area (Å²) in [6, 6.07) is 1.30. The summed E-state index contributed by atoms with van der Waals surface area (Å²) in [5.41, 5.74) is -0.0463. The summed E-state index contributed by atoms with van der Waals surface area (Å²) in [6.45, 7) is 4.00. The first kappa shape index (κ1) is 10.1. The maximum atomic E-state index is 11.8. The van der Waals surface area contributed by atoms with Crippen molar-refractivity contribution in [3.05, 3.63) is 18.0 Å². The molecule has 0 atom stereocenters. The zero-order valence-corrected chi connectivity index (χ0v) is 6.88. The van der Waals surface area contributed by atoms with Gasteiger partial charge in [0.2, 0.25) is 0 Å². The molecule has 0 radical (unpaired) electrons. The molecule has 0 amide bonds. The first-order valence-electron chi connectivity index (χ1n) is 3.48. The van der Waals surface area contributed by atoms with Crippen LogP contribution in [0.2, 0.25) is 0 Å². The molecule has 1 aromatic heterocycles. The Bertz CT molecular complexity index is 196. The number of aromatic nitrogens is 2. The van der Waals surface area contributed by atoms with E-state index in [4.69, 9.17) is 0 Å². The summed E-state index contributed by atoms with van der Waals surface area (Å²) < 4.78 is 24.8. The molecule has 0 spiro atoms. The topological polar surface area (TPSA) is 17.8 Å². The molecule has 0 fully saturated rings. The van der Waals surface area contributed by atoms with Gasteiger partial charge in [-0.1, -0.05) is 13.8 Å². The number of hydrogen-bond donors (Lipinski definition) is 0. The zero-order chi connectivity index (χ0) is 8.85. The Balaban J connectivity index is 0.000000461. The maximum Gasteiger partial charge on any atom is 0.280 e. The van der Waals surface area contributed by atoms with E-state index in [2.05, 4.69) is 5.10 Å². The lowest BCUT2D eigenvalue weighted by atomic mass is 10.4. The van der Waals surface area contributed by atoms with Gasteiger partial charge in [-0.2, -0.15) is 5.10 Å². The van der Waals surface area contributed by atoms with Crippen LogP contribution in [0.25, 0.3) is 0 Å². The van der Waals surface area contributed by atoms with Gasteiger partial charge in [0, 0.05) is 13.2 Å². The van der Waals surface area contributed by atoms with Gasteiger partial charge in [0.25, 0.3) is 6.43 Å². The molecule has 0 aromatic carbocycles. The van der Waals surface area contributed by atoms with E-state index in [1.165, 1.54) is 19.3 Å². The first-order valence-corrected chi connectivity index (χ1v) is 3.48. The average molecular weight is 162 g/mol. The second kappa shape index (κ2) is 4.82. The van der Waals surface area contributed by atoms with Crippen LogP contribution in [0, 0.1) is 0 Å². The predicted molar refractivity (Wildman–Crippen MR) is 39.5 cm³/mol. The molecular weight excluding hydrogens is 150 g/mol. The minimum atomic E-state index is -2.42. The van der Waals surface area contributed by atoms with Crippen molar-refractivity contribution in [1.29, 1.82) is 0 Å². The van der Waals surface area contributed by atoms with E-state index in [-0.39, 0.29) is 5.69 Å². The van der Waals surface area contributed by atoms with Crippen molar-refractivity contribution in [2.45, 2.75) is 20.3 Å². The molecule has 64 valence electrons. The molecule has 0 bridgehead atoms. The largest absolute Gasteiger partial charge is 0.280 e. The number of nitrogens with zero attached hydrogens (tertiary/aromatic N) is 2. The van der Waals surface area contributed by atoms with E-state index in [1.54, 1.807) is 0 Å². The third-order valence-corrected chi connectivity index (χ3v) is 1.08. The van der Waals surface area contributed by atoms with Crippen molar-refractivity contribution in [1.82, 2.24) is 9.78 Å². The van der Waals surface area contributed by atoms with Gasteiger partial charge in [-0.15, -0.1) is 0 Å². The molecule has 4 heteroatoms. The normalized spacial score (nSPS) is 9.27. The van der Waals surface area contributed by atoms with Crippen LogP contribution in [0.15, 0.2) is 12.3 Å². The van der Waals surface area contributed by atoms with Crippen molar-refractivity contribution in [3.8, 4) is 0 Å². The van der Waals surface area contributed by atoms with Gasteiger partial charge in [0.05, 0.1) is 0 Å². The number of halogens is 2. The highest BCUT2D eigenvalue weighted by Gasteiger charge is 2.09. The van der Waals surface area contributed by atoms with E-state index in [1.807, 2.05) is 13.8 Å². The first-order chi connectivity index (χ1) is 5.22. The van der Waals surface area contributed by atoms with Crippen molar-refractivity contribution in [2.75, 3.05) is 0 Å². The highest BCUT2D eigenvalue weighted by molar-refractivity contribution is 5.00. The molecule has 0 N–H and O–H groups in total. The van der Waals surface area contributed by atoms with Crippen molar-refractivity contribution in [3.63, 3.8) is 0 Å². The third kappa shape index (κ3) is 2.65. The van der Waals surface area contributed by atoms with Crippen LogP contribution in [0.1, 0.15) is 26.0 Å². The van der Waals surface area contributed by atoms with Crippen molar-refractivity contribution in [2.24, 2.45) is 7.05 Å². The number of aryl methyl sites for hydroxylation is 1. The van der Waals surface area contributed by atoms with Gasteiger partial charge in [-0.05, 0) is 6.07 Å². The summed E-state index contributed by atoms with van der Waals surface area (Å²) in [4.78, 5) is 0. The molecule has 1 rings (SSSR count). The lowest BCUT2D eigenvalue weighted by Crippen LogP contribution is -1.97. The molecule has 0 saturated carbocycles. The second-order valence-electron chi connectivity index (χ2n) is 1.68. The molecule has 2 nitrogen and oxygen atoms in total. The van der Waals surface area contributed by atoms with E-state index >= 15 is 0 Å². The van der Waals surface area contributed by atoms with E-state index in [9.17, 15) is 8.78 Å². The van der Waals surface area contributed by atoms with Crippen LogP contribution < -0.4 is 0 Å². The Kier molecular flexibility index (Phi) is 4.41. The second-order valence-corrected chi connectivity index (χ2v) is 1.68. The standard InChI is InChI=1S/C5H6F2N2.C2H6/c1-9-4(5(6)7)2-3-8-9;1-2/h2-3,5H,1H3;1-2H3. The molecule has 1 aromatic rings. The Morgan fingerprint density at radius 2 is 2.00 bits per heavy atom. The van der Waals surface area contributed by atoms with Crippen LogP contribution in [0.4, 0.5) is 8.78 Å². The Morgan fingerprint density at radius 1 is 1.45 bits per heavy atom. The Hall–Kier alpha value is -0.930. The smallest absolute Gasteiger partial charge is 0.267 e. The number of rotatable bonds is 1. The Morgan fingerprint density at radius 3 is 2.18 bits per heavy atom. The number of alkyl halides is 2. The highest BCUT2D eigenvalue weighted by atomic mass is 19.3. The van der Waals surface area contributed by atoms with E-state index in [0.717, 1.165) is 4.68 Å². The van der Waals surface area contributed by atoms with Crippen LogP contribution in [-0.4, -0.2) is 9.78 Å². The van der Waals surface area contributed by atoms with E-state index < -0.39 is 6.43 Å². The molecular formula is C7H12F2N2. The lowest BCUT2D eigenvalue weighted by molar-refractivity contribution is 0.141. The summed E-state index contributed by atoms with van der Waals surface area (Å²) in [5, 5.41) is 3.57. The average Bonchev–Trinajstić information content (AvgIpc) is 2.39. The summed E-state index contributed by atoms with van der Waals surface area (Å²) in [7, 11) is 1.49. The van der Waals surface area contributed by atoms with Gasteiger partial charge >= 0.3 is 0 Å². The fraction of sp³-hybridized carbons (Fsp3) is 0.571. The predicted octanol–water partition coefficient (Wildman–Crippen LogP) is 2.38. The molecule has 0 unspecified atom stereocenters. The summed E-state index contributed by atoms with van der Waals surface area (Å²) >= 11 is 0. The van der Waals surface area contributed by atoms with Gasteiger partial charge in [0.1, 0.15) is 5.69 Å². The van der Waals surface area contributed by atoms with Crippen LogP contribution >= 0.6 is 0 Å². The SMILES string of the molecule is CC.Cn1nccc1C(F)F. The lowest BCUT2D eigenvalue weighted by Gasteiger charge is -1.96. The highest BCUT2D eigenvalue weighted by Crippen LogP contribution is 2.15. The number of hydrogen-bond acceptors (Lipinski definition) is 1. The van der Waals surface area contributed by atoms with Crippen LogP contribution in [0.3, 0.4) is 0 Å². The Labute approximate surface area is 64.8 Å². The zero-order valence-electron chi connectivity index (χ0n) is 6.88. The minimum Gasteiger partial charge on any atom is -0.267 e. The quantitative estimate of drug-likeness (QED) is 0.620.